The van der Waals surface area contributed by atoms with Crippen LogP contribution in [0.25, 0.3) is 0 Å². The quantitative estimate of drug-likeness (QED) is 0.544. The molecule has 212 valence electrons. The predicted octanol–water partition coefficient (Wildman–Crippen LogP) is 2.68. The Morgan fingerprint density at radius 1 is 0.974 bits per heavy atom. The molecule has 3 heterocycles. The molecule has 4 aliphatic rings. The van der Waals surface area contributed by atoms with E-state index < -0.39 is 40.0 Å². The topological polar surface area (TPSA) is 114 Å². The summed E-state index contributed by atoms with van der Waals surface area (Å²) in [6.07, 6.45) is -0.573. The van der Waals surface area contributed by atoms with Crippen molar-refractivity contribution in [3.05, 3.63) is 35.4 Å². The summed E-state index contributed by atoms with van der Waals surface area (Å²) in [4.78, 5) is 28.5. The van der Waals surface area contributed by atoms with Gasteiger partial charge in [0.2, 0.25) is 11.8 Å². The maximum absolute atomic E-state index is 13.5. The molecule has 1 aliphatic carbocycles. The van der Waals surface area contributed by atoms with Gasteiger partial charge in [0.1, 0.15) is 6.04 Å². The van der Waals surface area contributed by atoms with Crippen molar-refractivity contribution in [3.8, 4) is 6.07 Å². The number of carbonyl (C=O) groups is 2. The van der Waals surface area contributed by atoms with Gasteiger partial charge < -0.3 is 10.2 Å². The monoisotopic (exact) mass is 567 g/mol. The minimum atomic E-state index is -4.44. The molecule has 4 fully saturated rings. The number of halogens is 3. The summed E-state index contributed by atoms with van der Waals surface area (Å²) in [6.45, 7) is 1.05. The SMILES string of the molecule is N#CC1CN(S(=O)(=O)N2CCC[C@H](C(=O)N3CCC[C@@H]3C(=O)N[C@@H](c3ccc(C(F)(F)F)cc3)C3CC3)C2)C1. The van der Waals surface area contributed by atoms with Gasteiger partial charge in [0.25, 0.3) is 10.2 Å². The molecular weight excluding hydrogens is 535 g/mol. The molecule has 0 spiro atoms. The van der Waals surface area contributed by atoms with Crippen molar-refractivity contribution in [3.63, 3.8) is 0 Å². The van der Waals surface area contributed by atoms with Crippen molar-refractivity contribution in [2.45, 2.75) is 56.8 Å². The third kappa shape index (κ3) is 5.78. The van der Waals surface area contributed by atoms with Gasteiger partial charge in [0.05, 0.1) is 29.5 Å². The zero-order chi connectivity index (χ0) is 27.9. The van der Waals surface area contributed by atoms with Crippen LogP contribution in [0, 0.1) is 29.1 Å². The fourth-order valence-electron chi connectivity index (χ4n) is 5.79. The van der Waals surface area contributed by atoms with E-state index in [0.717, 1.165) is 25.0 Å². The fraction of sp³-hybridized carbons (Fsp3) is 0.654. The van der Waals surface area contributed by atoms with Crippen LogP contribution in [0.3, 0.4) is 0 Å². The number of carbonyl (C=O) groups excluding carboxylic acids is 2. The van der Waals surface area contributed by atoms with Crippen LogP contribution in [0.1, 0.15) is 55.7 Å². The second-order valence-corrected chi connectivity index (χ2v) is 12.9. The second kappa shape index (κ2) is 10.7. The summed E-state index contributed by atoms with van der Waals surface area (Å²) in [5.41, 5.74) is -0.144. The van der Waals surface area contributed by atoms with Crippen molar-refractivity contribution in [2.24, 2.45) is 17.8 Å². The average Bonchev–Trinajstić information content (AvgIpc) is 3.60. The van der Waals surface area contributed by atoms with Crippen molar-refractivity contribution in [2.75, 3.05) is 32.7 Å². The number of rotatable bonds is 7. The summed E-state index contributed by atoms with van der Waals surface area (Å²) >= 11 is 0. The number of piperidine rings is 1. The lowest BCUT2D eigenvalue weighted by Gasteiger charge is -2.41. The number of nitrogens with one attached hydrogen (secondary N) is 1. The molecule has 1 aromatic carbocycles. The molecule has 1 aromatic rings. The van der Waals surface area contributed by atoms with Gasteiger partial charge in [-0.05, 0) is 62.1 Å². The van der Waals surface area contributed by atoms with Crippen molar-refractivity contribution >= 4 is 22.0 Å². The van der Waals surface area contributed by atoms with E-state index in [2.05, 4.69) is 11.4 Å². The molecule has 2 amide bonds. The van der Waals surface area contributed by atoms with Crippen LogP contribution in [-0.2, 0) is 26.0 Å². The average molecular weight is 568 g/mol. The lowest BCUT2D eigenvalue weighted by molar-refractivity contribution is -0.142. The molecule has 39 heavy (non-hydrogen) atoms. The molecule has 5 rings (SSSR count). The van der Waals surface area contributed by atoms with Crippen LogP contribution in [0.4, 0.5) is 13.2 Å². The molecule has 1 saturated carbocycles. The van der Waals surface area contributed by atoms with E-state index in [4.69, 9.17) is 5.26 Å². The third-order valence-corrected chi connectivity index (χ3v) is 10.2. The van der Waals surface area contributed by atoms with E-state index in [1.54, 1.807) is 4.90 Å². The zero-order valence-corrected chi connectivity index (χ0v) is 22.3. The standard InChI is InChI=1S/C26H32F3N5O4S/c27-26(28,29)21-9-7-19(8-10-21)23(18-5-6-18)31-24(35)22-4-2-12-34(22)25(36)20-3-1-11-32(16-20)39(37,38)33-14-17(13-30)15-33/h7-10,17-18,20,22-23H,1-6,11-12,14-16H2,(H,31,35)/t20-,22+,23+/m0/s1. The van der Waals surface area contributed by atoms with Crippen molar-refractivity contribution < 1.29 is 31.2 Å². The van der Waals surface area contributed by atoms with Gasteiger partial charge in [0.15, 0.2) is 0 Å². The van der Waals surface area contributed by atoms with Gasteiger partial charge in [-0.1, -0.05) is 12.1 Å². The first kappa shape index (κ1) is 27.9. The van der Waals surface area contributed by atoms with Crippen molar-refractivity contribution in [1.82, 2.24) is 18.8 Å². The molecule has 1 N–H and O–H groups in total. The number of nitriles is 1. The highest BCUT2D eigenvalue weighted by molar-refractivity contribution is 7.86. The lowest BCUT2D eigenvalue weighted by atomic mass is 9.97. The van der Waals surface area contributed by atoms with Gasteiger partial charge in [-0.25, -0.2) is 0 Å². The molecule has 3 atom stereocenters. The van der Waals surface area contributed by atoms with Gasteiger partial charge in [0, 0.05) is 32.7 Å². The molecule has 0 radical (unpaired) electrons. The minimum absolute atomic E-state index is 0.0377. The Hall–Kier alpha value is -2.69. The van der Waals surface area contributed by atoms with Crippen LogP contribution < -0.4 is 5.32 Å². The van der Waals surface area contributed by atoms with Gasteiger partial charge in [-0.2, -0.15) is 35.5 Å². The highest BCUT2D eigenvalue weighted by Crippen LogP contribution is 2.42. The largest absolute Gasteiger partial charge is 0.416 e. The first-order valence-electron chi connectivity index (χ1n) is 13.4. The lowest BCUT2D eigenvalue weighted by Crippen LogP contribution is -2.57. The normalized spacial score (nSPS) is 26.1. The minimum Gasteiger partial charge on any atom is -0.347 e. The molecule has 3 aliphatic heterocycles. The maximum Gasteiger partial charge on any atom is 0.416 e. The Morgan fingerprint density at radius 3 is 2.26 bits per heavy atom. The first-order valence-corrected chi connectivity index (χ1v) is 14.8. The Kier molecular flexibility index (Phi) is 7.65. The zero-order valence-electron chi connectivity index (χ0n) is 21.4. The number of likely N-dealkylation sites (tertiary alicyclic amines) is 1. The summed E-state index contributed by atoms with van der Waals surface area (Å²) in [5.74, 6) is -1.32. The number of hydrogen-bond acceptors (Lipinski definition) is 5. The summed E-state index contributed by atoms with van der Waals surface area (Å²) in [5, 5.41) is 12.0. The number of nitrogens with zero attached hydrogens (tertiary/aromatic N) is 4. The number of alkyl halides is 3. The molecule has 0 bridgehead atoms. The Morgan fingerprint density at radius 2 is 1.64 bits per heavy atom. The second-order valence-electron chi connectivity index (χ2n) is 11.0. The molecule has 0 aromatic heterocycles. The predicted molar refractivity (Wildman–Crippen MR) is 134 cm³/mol. The van der Waals surface area contributed by atoms with E-state index in [1.807, 2.05) is 0 Å². The van der Waals surface area contributed by atoms with E-state index in [0.29, 0.717) is 44.3 Å². The molecule has 13 heteroatoms. The van der Waals surface area contributed by atoms with Crippen LogP contribution in [0.5, 0.6) is 0 Å². The highest BCUT2D eigenvalue weighted by Gasteiger charge is 2.45. The smallest absolute Gasteiger partial charge is 0.347 e. The van der Waals surface area contributed by atoms with Crippen LogP contribution >= 0.6 is 0 Å². The third-order valence-electron chi connectivity index (χ3n) is 8.24. The van der Waals surface area contributed by atoms with Crippen LogP contribution in [-0.4, -0.2) is 72.5 Å². The van der Waals surface area contributed by atoms with Crippen LogP contribution in [0.15, 0.2) is 24.3 Å². The fourth-order valence-corrected chi connectivity index (χ4v) is 7.59. The molecular formula is C26H32F3N5O4S. The van der Waals surface area contributed by atoms with E-state index in [-0.39, 0.29) is 43.3 Å². The van der Waals surface area contributed by atoms with Gasteiger partial charge in [-0.15, -0.1) is 0 Å². The number of hydrogen-bond donors (Lipinski definition) is 1. The van der Waals surface area contributed by atoms with Gasteiger partial charge >= 0.3 is 6.18 Å². The maximum atomic E-state index is 13.5. The molecule has 0 unspecified atom stereocenters. The Bertz CT molecular complexity index is 1240. The number of benzene rings is 1. The Labute approximate surface area is 226 Å². The van der Waals surface area contributed by atoms with E-state index in [1.165, 1.54) is 20.7 Å². The van der Waals surface area contributed by atoms with Crippen molar-refractivity contribution in [1.29, 1.82) is 5.26 Å². The highest BCUT2D eigenvalue weighted by atomic mass is 32.2. The number of amides is 2. The van der Waals surface area contributed by atoms with E-state index in [9.17, 15) is 31.2 Å². The molecule has 9 nitrogen and oxygen atoms in total. The van der Waals surface area contributed by atoms with Crippen LogP contribution in [0.2, 0.25) is 0 Å². The summed E-state index contributed by atoms with van der Waals surface area (Å²) in [6, 6.07) is 5.77. The molecule has 3 saturated heterocycles. The van der Waals surface area contributed by atoms with E-state index >= 15 is 0 Å². The summed E-state index contributed by atoms with van der Waals surface area (Å²) < 4.78 is 67.5. The first-order chi connectivity index (χ1) is 18.5. The Balaban J connectivity index is 1.23. The van der Waals surface area contributed by atoms with Gasteiger partial charge in [-0.3, -0.25) is 9.59 Å². The summed E-state index contributed by atoms with van der Waals surface area (Å²) in [7, 11) is -3.75.